The molecule has 2 fully saturated rings. The van der Waals surface area contributed by atoms with Gasteiger partial charge in [-0.1, -0.05) is 64.1 Å². The summed E-state index contributed by atoms with van der Waals surface area (Å²) < 4.78 is 43.3. The van der Waals surface area contributed by atoms with Gasteiger partial charge < -0.3 is 29.3 Å². The molecule has 0 aliphatic carbocycles. The molecule has 0 unspecified atom stereocenters. The molecule has 2 aliphatic heterocycles. The Morgan fingerprint density at radius 2 is 1.33 bits per heavy atom. The average Bonchev–Trinajstić information content (AvgIpc) is 3.78. The predicted molar refractivity (Wildman–Crippen MR) is 289 cm³/mol. The fourth-order valence-corrected chi connectivity index (χ4v) is 5.65. The number of hydrogen-bond acceptors (Lipinski definition) is 10. The maximum absolute atomic E-state index is 14.2. The first-order valence-corrected chi connectivity index (χ1v) is 41.2. The molecule has 5 rings (SSSR count). The maximum atomic E-state index is 14.2. The Hall–Kier alpha value is -0.491. The summed E-state index contributed by atoms with van der Waals surface area (Å²) in [6.45, 7) is 7.16. The third kappa shape index (κ3) is 26.0. The van der Waals surface area contributed by atoms with E-state index < -0.39 is 23.7 Å². The second-order valence-electron chi connectivity index (χ2n) is 12.6. The zero-order chi connectivity index (χ0) is 45.9. The van der Waals surface area contributed by atoms with E-state index in [0.717, 1.165) is 31.5 Å². The number of likely N-dealkylation sites (N-methyl/N-ethyl adjacent to an activating group) is 1. The van der Waals surface area contributed by atoms with Crippen molar-refractivity contribution in [2.24, 2.45) is 5.11 Å². The Bertz CT molecular complexity index is 1840. The summed E-state index contributed by atoms with van der Waals surface area (Å²) in [5.74, 6) is -0.715. The van der Waals surface area contributed by atoms with Crippen molar-refractivity contribution < 1.29 is 51.8 Å². The molecule has 3 aromatic carbocycles. The molecule has 2 atom stereocenters. The molecule has 14 nitrogen and oxygen atoms in total. The van der Waals surface area contributed by atoms with Gasteiger partial charge in [0.15, 0.2) is 0 Å². The van der Waals surface area contributed by atoms with Crippen molar-refractivity contribution in [1.82, 2.24) is 5.32 Å². The van der Waals surface area contributed by atoms with Crippen molar-refractivity contribution in [1.29, 1.82) is 0 Å². The van der Waals surface area contributed by atoms with Gasteiger partial charge in [-0.3, -0.25) is 9.80 Å². The van der Waals surface area contributed by atoms with Gasteiger partial charge in [0, 0.05) is 50.2 Å². The van der Waals surface area contributed by atoms with Gasteiger partial charge in [0.25, 0.3) is 0 Å². The summed E-state index contributed by atoms with van der Waals surface area (Å²) in [5, 5.41) is 6.35. The number of azide groups is 1. The average molecular weight is 1540 g/mol. The Kier molecular flexibility index (Phi) is 38.4. The van der Waals surface area contributed by atoms with Crippen LogP contribution in [0.5, 0.6) is 0 Å². The summed E-state index contributed by atoms with van der Waals surface area (Å²) in [6.07, 6.45) is 0.164. The molecule has 2 amide bonds. The van der Waals surface area contributed by atoms with E-state index in [2.05, 4.69) is 120 Å². The number of halogens is 8. The topological polar surface area (TPSA) is 153 Å². The zero-order valence-electron chi connectivity index (χ0n) is 33.9. The molecular weight excluding hydrogens is 1490 g/mol. The first-order valence-electron chi connectivity index (χ1n) is 18.3. The summed E-state index contributed by atoms with van der Waals surface area (Å²) in [7, 11) is 6.10. The van der Waals surface area contributed by atoms with Crippen LogP contribution in [-0.2, 0) is 35.2 Å². The van der Waals surface area contributed by atoms with Crippen LogP contribution in [0.1, 0.15) is 47.1 Å². The predicted octanol–water partition coefficient (Wildman–Crippen LogP) is 13.8. The van der Waals surface area contributed by atoms with Crippen LogP contribution < -0.4 is 24.9 Å². The second kappa shape index (κ2) is 37.5. The molecular formula is C39H55ClF2I5N8O6V2. The molecule has 353 valence electrons. The number of cyclic esters (lactones) is 2. The van der Waals surface area contributed by atoms with Crippen molar-refractivity contribution in [3.63, 3.8) is 0 Å². The van der Waals surface area contributed by atoms with Gasteiger partial charge in [0.2, 0.25) is 0 Å². The number of nitrogens with zero attached hydrogens (tertiary/aromatic N) is 7. The van der Waals surface area contributed by atoms with Gasteiger partial charge in [-0.25, -0.2) is 23.2 Å². The standard InChI is InChI=1S/C15H22FN3O2.C14H18FN5O2.C8H7ClO2.2CH4.5HI.2V/c1-4-7-18(3)14-6-5-11(8-13(14)16)19-10-12(9-17-2)21-15(19)20;1-3-6-19(2)13-5-4-10(7-12(13)15)20-9-11(8-17-18-16)22-14(20)21;9-8(10)11-6-7-4-2-1-3-5-7;;;;;;;;;/h5-6,8,12,17H,4,7,9-10H2,1-3H3;4-5,7,11H,3,6,8-9H2,1-2H3;1-5H,6H2;2*1H4;5*1H;;/q;;;;;;;;;;+2;+3/p-5/t12-;11-;;;;;;;;;;/m00........../s1. The van der Waals surface area contributed by atoms with Gasteiger partial charge in [-0.2, -0.15) is 0 Å². The molecule has 0 saturated carbocycles. The Morgan fingerprint density at radius 1 is 0.905 bits per heavy atom. The van der Waals surface area contributed by atoms with Gasteiger partial charge in [0.1, 0.15) is 30.4 Å². The van der Waals surface area contributed by atoms with E-state index >= 15 is 0 Å². The molecule has 2 heterocycles. The number of amides is 2. The number of hydrogen-bond donors (Lipinski definition) is 1. The third-order valence-electron chi connectivity index (χ3n) is 8.15. The van der Waals surface area contributed by atoms with E-state index in [1.54, 1.807) is 31.3 Å². The summed E-state index contributed by atoms with van der Waals surface area (Å²) in [6, 6.07) is 18.9. The second-order valence-corrected chi connectivity index (χ2v) is 60.1. The van der Waals surface area contributed by atoms with Crippen LogP contribution in [0.2, 0.25) is 0 Å². The van der Waals surface area contributed by atoms with Gasteiger partial charge in [0.05, 0.1) is 42.4 Å². The molecule has 0 bridgehead atoms. The normalized spacial score (nSPS) is 14.4. The van der Waals surface area contributed by atoms with Gasteiger partial charge in [-0.15, -0.1) is 0 Å². The molecule has 0 aromatic heterocycles. The van der Waals surface area contributed by atoms with E-state index in [-0.39, 0.29) is 57.2 Å². The number of carbonyl (C=O) groups is 3. The van der Waals surface area contributed by atoms with E-state index in [1.165, 1.54) is 21.9 Å². The molecule has 0 spiro atoms. The molecule has 2 saturated heterocycles. The number of carbonyl (C=O) groups excluding carboxylic acids is 3. The Labute approximate surface area is 442 Å². The Morgan fingerprint density at radius 3 is 1.71 bits per heavy atom. The molecule has 2 aliphatic rings. The molecule has 63 heavy (non-hydrogen) atoms. The van der Waals surface area contributed by atoms with Crippen LogP contribution in [-0.4, -0.2) is 90.2 Å². The third-order valence-corrected chi connectivity index (χ3v) is 8.26. The van der Waals surface area contributed by atoms with Crippen LogP contribution in [0.15, 0.2) is 71.8 Å². The first-order chi connectivity index (χ1) is 29.1. The zero-order valence-corrected chi connectivity index (χ0v) is 48.2. The van der Waals surface area contributed by atoms with E-state index in [9.17, 15) is 23.2 Å². The number of nitrogens with one attached hydrogen (secondary N) is 1. The summed E-state index contributed by atoms with van der Waals surface area (Å²) in [4.78, 5) is 42.7. The quantitative estimate of drug-likeness (QED) is 0.0415. The van der Waals surface area contributed by atoms with Crippen molar-refractivity contribution in [2.45, 2.75) is 60.4 Å². The van der Waals surface area contributed by atoms with Crippen molar-refractivity contribution in [3.05, 3.63) is 94.4 Å². The minimum absolute atomic E-state index is 0. The number of rotatable bonds is 14. The van der Waals surface area contributed by atoms with Crippen LogP contribution >= 0.6 is 111 Å². The van der Waals surface area contributed by atoms with Crippen LogP contribution in [0.4, 0.5) is 45.9 Å². The first kappa shape index (κ1) is 64.6. The van der Waals surface area contributed by atoms with Gasteiger partial charge >= 0.3 is 132 Å². The fourth-order valence-electron chi connectivity index (χ4n) is 5.59. The number of anilines is 4. The summed E-state index contributed by atoms with van der Waals surface area (Å²) in [5.41, 5.74) is 10.4. The van der Waals surface area contributed by atoms with Crippen molar-refractivity contribution in [2.75, 3.05) is 80.0 Å². The van der Waals surface area contributed by atoms with E-state index in [0.29, 0.717) is 45.3 Å². The van der Waals surface area contributed by atoms with Crippen LogP contribution in [0.25, 0.3) is 10.4 Å². The van der Waals surface area contributed by atoms with Crippen molar-refractivity contribution in [3.8, 4) is 0 Å². The van der Waals surface area contributed by atoms with Crippen LogP contribution in [0.3, 0.4) is 0 Å². The van der Waals surface area contributed by atoms with E-state index in [4.69, 9.17) is 26.6 Å². The fraction of sp³-hybridized carbons (Fsp3) is 0.462. The number of benzene rings is 3. The summed E-state index contributed by atoms with van der Waals surface area (Å²) >= 11 is 17.1. The van der Waals surface area contributed by atoms with E-state index in [1.807, 2.05) is 68.1 Å². The minimum atomic E-state index is -0.770. The monoisotopic (exact) mass is 1540 g/mol. The molecule has 0 radical (unpaired) electrons. The van der Waals surface area contributed by atoms with Crippen LogP contribution in [0, 0.1) is 11.6 Å². The van der Waals surface area contributed by atoms with Crippen molar-refractivity contribution >= 4 is 152 Å². The molecule has 3 aromatic rings. The number of ether oxygens (including phenoxy) is 3. The SMILES string of the molecule is C.C.CCCN(C)c1ccc(N2C[C@H](CN=[N+]=[N-])OC2=O)cc1F.CCCN(C)c1ccc(N2C[C@H](CNC)OC2=O)cc1F.O=C(Cl)OCc1ccccc1.[I][V]([I])[I].[I][V][I]. The Balaban J connectivity index is 0. The van der Waals surface area contributed by atoms with Gasteiger partial charge in [-0.05, 0) is 67.4 Å². The molecule has 1 N–H and O–H groups in total. The molecule has 24 heteroatoms.